The quantitative estimate of drug-likeness (QED) is 0.290. The summed E-state index contributed by atoms with van der Waals surface area (Å²) in [6.07, 6.45) is 2.59. The lowest BCUT2D eigenvalue weighted by Gasteiger charge is -2.35. The van der Waals surface area contributed by atoms with Gasteiger partial charge in [-0.25, -0.2) is 18.7 Å². The number of hydrogen-bond donors (Lipinski definition) is 1. The number of nitro groups is 1. The second kappa shape index (κ2) is 12.1. The first kappa shape index (κ1) is 27.8. The fourth-order valence-corrected chi connectivity index (χ4v) is 4.35. The third-order valence-electron chi connectivity index (χ3n) is 6.59. The molecule has 0 saturated carbocycles. The second-order valence-electron chi connectivity index (χ2n) is 8.88. The minimum Gasteiger partial charge on any atom is -0.494 e. The Bertz CT molecular complexity index is 1310. The second-order valence-corrected chi connectivity index (χ2v) is 8.88. The molecule has 1 saturated heterocycles. The van der Waals surface area contributed by atoms with Gasteiger partial charge in [-0.05, 0) is 25.1 Å². The van der Waals surface area contributed by atoms with Gasteiger partial charge in [0, 0.05) is 44.0 Å². The zero-order valence-corrected chi connectivity index (χ0v) is 22.2. The number of nitrogens with zero attached hydrogens (tertiary/aromatic N) is 5. The lowest BCUT2D eigenvalue weighted by atomic mass is 10.1. The van der Waals surface area contributed by atoms with Gasteiger partial charge in [-0.15, -0.1) is 0 Å². The van der Waals surface area contributed by atoms with Gasteiger partial charge in [-0.2, -0.15) is 0 Å². The number of piperazine rings is 1. The molecule has 2 aromatic carbocycles. The number of methoxy groups -OCH3 is 2. The van der Waals surface area contributed by atoms with Crippen LogP contribution in [0.25, 0.3) is 0 Å². The molecule has 0 atom stereocenters. The molecule has 0 amide bonds. The normalized spacial score (nSPS) is 13.7. The molecule has 13 heteroatoms. The zero-order chi connectivity index (χ0) is 28.1. The van der Waals surface area contributed by atoms with Crippen molar-refractivity contribution in [2.75, 3.05) is 57.2 Å². The minimum absolute atomic E-state index is 0.0928. The highest BCUT2D eigenvalue weighted by atomic mass is 19.1. The smallest absolute Gasteiger partial charge is 0.295 e. The van der Waals surface area contributed by atoms with Crippen molar-refractivity contribution in [3.8, 4) is 17.2 Å². The fourth-order valence-electron chi connectivity index (χ4n) is 4.35. The van der Waals surface area contributed by atoms with Crippen molar-refractivity contribution in [1.82, 2.24) is 14.9 Å². The molecule has 0 radical (unpaired) electrons. The van der Waals surface area contributed by atoms with Gasteiger partial charge in [0.15, 0.2) is 28.9 Å². The number of hydrogen-bond acceptors (Lipinski definition) is 10. The number of nitrogens with one attached hydrogen (secondary N) is 1. The van der Waals surface area contributed by atoms with E-state index in [0.29, 0.717) is 5.56 Å². The average Bonchev–Trinajstić information content (AvgIpc) is 2.94. The topological polar surface area (TPSA) is 115 Å². The van der Waals surface area contributed by atoms with E-state index in [9.17, 15) is 18.9 Å². The molecule has 1 fully saturated rings. The standard InChI is InChI=1S/C26H30F2N6O5/c1-5-32-6-8-33(9-7-32)17-10-16(2)25(20(11-17)34(35)36)31-26-29-13-18(14-30-26)39-15-19-23(27)21(37-3)12-22(38-4)24(19)28/h10-14H,5-9,15H2,1-4H3,(H,29,30,31). The van der Waals surface area contributed by atoms with Crippen LogP contribution in [0.15, 0.2) is 30.6 Å². The molecule has 1 aromatic heterocycles. The lowest BCUT2D eigenvalue weighted by Crippen LogP contribution is -2.46. The van der Waals surface area contributed by atoms with Crippen LogP contribution in [0, 0.1) is 28.7 Å². The molecule has 1 aliphatic heterocycles. The summed E-state index contributed by atoms with van der Waals surface area (Å²) < 4.78 is 44.5. The van der Waals surface area contributed by atoms with E-state index in [1.54, 1.807) is 13.0 Å². The molecule has 0 aliphatic carbocycles. The monoisotopic (exact) mass is 544 g/mol. The van der Waals surface area contributed by atoms with E-state index in [0.717, 1.165) is 44.5 Å². The Morgan fingerprint density at radius 1 is 1.03 bits per heavy atom. The molecule has 1 N–H and O–H groups in total. The van der Waals surface area contributed by atoms with E-state index in [-0.39, 0.29) is 40.1 Å². The molecule has 4 rings (SSSR count). The van der Waals surface area contributed by atoms with Crippen LogP contribution < -0.4 is 24.4 Å². The van der Waals surface area contributed by atoms with Crippen LogP contribution in [-0.4, -0.2) is 66.7 Å². The summed E-state index contributed by atoms with van der Waals surface area (Å²) in [6, 6.07) is 4.57. The molecule has 1 aliphatic rings. The van der Waals surface area contributed by atoms with Gasteiger partial charge >= 0.3 is 0 Å². The summed E-state index contributed by atoms with van der Waals surface area (Å²) >= 11 is 0. The van der Waals surface area contributed by atoms with E-state index in [1.807, 2.05) is 6.07 Å². The van der Waals surface area contributed by atoms with Crippen molar-refractivity contribution in [3.63, 3.8) is 0 Å². The fraction of sp³-hybridized carbons (Fsp3) is 0.385. The molecular formula is C26H30F2N6O5. The van der Waals surface area contributed by atoms with Gasteiger partial charge in [0.05, 0.1) is 37.1 Å². The summed E-state index contributed by atoms with van der Waals surface area (Å²) in [5, 5.41) is 14.8. The van der Waals surface area contributed by atoms with E-state index in [1.165, 1.54) is 26.6 Å². The Morgan fingerprint density at radius 3 is 2.18 bits per heavy atom. The Labute approximate surface area is 224 Å². The highest BCUT2D eigenvalue weighted by Gasteiger charge is 2.24. The van der Waals surface area contributed by atoms with Gasteiger partial charge in [0.2, 0.25) is 5.95 Å². The Hall–Kier alpha value is -4.26. The zero-order valence-electron chi connectivity index (χ0n) is 22.2. The number of ether oxygens (including phenoxy) is 3. The predicted molar refractivity (Wildman–Crippen MR) is 141 cm³/mol. The summed E-state index contributed by atoms with van der Waals surface area (Å²) in [5.74, 6) is -1.96. The minimum atomic E-state index is -0.909. The first-order chi connectivity index (χ1) is 18.7. The molecule has 0 unspecified atom stereocenters. The third kappa shape index (κ3) is 6.08. The first-order valence-electron chi connectivity index (χ1n) is 12.3. The Kier molecular flexibility index (Phi) is 8.59. The van der Waals surface area contributed by atoms with Crippen molar-refractivity contribution in [3.05, 3.63) is 63.5 Å². The number of aryl methyl sites for hydroxylation is 1. The maximum Gasteiger partial charge on any atom is 0.295 e. The van der Waals surface area contributed by atoms with Crippen molar-refractivity contribution >= 4 is 23.0 Å². The highest BCUT2D eigenvalue weighted by Crippen LogP contribution is 2.36. The summed E-state index contributed by atoms with van der Waals surface area (Å²) in [4.78, 5) is 24.2. The Morgan fingerprint density at radius 2 is 1.64 bits per heavy atom. The SMILES string of the molecule is CCN1CCN(c2cc(C)c(Nc3ncc(OCc4c(F)c(OC)cc(OC)c4F)cn3)c([N+](=O)[O-])c2)CC1. The van der Waals surface area contributed by atoms with Crippen molar-refractivity contribution in [1.29, 1.82) is 0 Å². The summed E-state index contributed by atoms with van der Waals surface area (Å²) in [6.45, 7) is 7.78. The number of anilines is 3. The van der Waals surface area contributed by atoms with Crippen molar-refractivity contribution in [2.45, 2.75) is 20.5 Å². The van der Waals surface area contributed by atoms with Crippen molar-refractivity contribution < 1.29 is 27.9 Å². The number of aromatic nitrogens is 2. The van der Waals surface area contributed by atoms with Crippen LogP contribution in [-0.2, 0) is 6.61 Å². The maximum atomic E-state index is 14.6. The van der Waals surface area contributed by atoms with Gasteiger partial charge < -0.3 is 29.3 Å². The Balaban J connectivity index is 1.49. The maximum absolute atomic E-state index is 14.6. The number of rotatable bonds is 10. The van der Waals surface area contributed by atoms with E-state index in [4.69, 9.17) is 14.2 Å². The first-order valence-corrected chi connectivity index (χ1v) is 12.3. The van der Waals surface area contributed by atoms with Crippen LogP contribution in [0.2, 0.25) is 0 Å². The van der Waals surface area contributed by atoms with Crippen LogP contribution in [0.5, 0.6) is 17.2 Å². The molecule has 11 nitrogen and oxygen atoms in total. The van der Waals surface area contributed by atoms with Crippen molar-refractivity contribution in [2.24, 2.45) is 0 Å². The largest absolute Gasteiger partial charge is 0.494 e. The molecule has 0 spiro atoms. The summed E-state index contributed by atoms with van der Waals surface area (Å²) in [7, 11) is 2.51. The van der Waals surface area contributed by atoms with Crippen LogP contribution in [0.4, 0.5) is 31.8 Å². The number of benzene rings is 2. The van der Waals surface area contributed by atoms with E-state index >= 15 is 0 Å². The molecular weight excluding hydrogens is 514 g/mol. The molecule has 208 valence electrons. The van der Waals surface area contributed by atoms with Crippen LogP contribution >= 0.6 is 0 Å². The number of likely N-dealkylation sites (N-methyl/N-ethyl adjacent to an activating group) is 1. The molecule has 2 heterocycles. The summed E-state index contributed by atoms with van der Waals surface area (Å²) in [5.41, 5.74) is 1.26. The lowest BCUT2D eigenvalue weighted by molar-refractivity contribution is -0.383. The average molecular weight is 545 g/mol. The van der Waals surface area contributed by atoms with Gasteiger partial charge in [-0.1, -0.05) is 6.92 Å². The predicted octanol–water partition coefficient (Wildman–Crippen LogP) is 4.45. The number of nitro benzene ring substituents is 1. The van der Waals surface area contributed by atoms with E-state index in [2.05, 4.69) is 32.0 Å². The van der Waals surface area contributed by atoms with Crippen LogP contribution in [0.1, 0.15) is 18.1 Å². The van der Waals surface area contributed by atoms with Gasteiger partial charge in [0.25, 0.3) is 5.69 Å². The highest BCUT2D eigenvalue weighted by molar-refractivity contribution is 5.75. The molecule has 3 aromatic rings. The van der Waals surface area contributed by atoms with Crippen LogP contribution in [0.3, 0.4) is 0 Å². The van der Waals surface area contributed by atoms with E-state index < -0.39 is 23.2 Å². The molecule has 0 bridgehead atoms. The number of halogens is 2. The third-order valence-corrected chi connectivity index (χ3v) is 6.59. The van der Waals surface area contributed by atoms with Gasteiger partial charge in [0.1, 0.15) is 12.3 Å². The van der Waals surface area contributed by atoms with Gasteiger partial charge in [-0.3, -0.25) is 10.1 Å². The molecule has 39 heavy (non-hydrogen) atoms.